The Kier molecular flexibility index (Phi) is 19.3. The van der Waals surface area contributed by atoms with Crippen LogP contribution in [-0.2, 0) is 56.8 Å². The van der Waals surface area contributed by atoms with Crippen molar-refractivity contribution in [2.45, 2.75) is 266 Å². The van der Waals surface area contributed by atoms with Gasteiger partial charge in [-0.1, -0.05) is 19.1 Å². The van der Waals surface area contributed by atoms with Gasteiger partial charge in [-0.15, -0.1) is 0 Å². The lowest BCUT2D eigenvalue weighted by atomic mass is 9.70. The lowest BCUT2D eigenvalue weighted by molar-refractivity contribution is -0.328. The van der Waals surface area contributed by atoms with E-state index in [1.165, 1.54) is 18.2 Å². The van der Waals surface area contributed by atoms with Crippen molar-refractivity contribution in [3.63, 3.8) is 0 Å². The number of fused-ring (bicyclic) bond motifs is 3. The molecule has 0 bridgehead atoms. The first kappa shape index (κ1) is 63.4. The molecule has 0 amide bonds. The average molecular weight is 1190 g/mol. The van der Waals surface area contributed by atoms with Gasteiger partial charge in [-0.25, -0.2) is 0 Å². The number of hydrogen-bond acceptors (Lipinski definition) is 24. The van der Waals surface area contributed by atoms with Crippen LogP contribution in [-0.4, -0.2) is 231 Å². The highest BCUT2D eigenvalue weighted by molar-refractivity contribution is 6.31. The highest BCUT2D eigenvalue weighted by Crippen LogP contribution is 2.58. The number of aliphatic hydroxyl groups is 5. The number of carbonyl (C=O) groups is 2. The summed E-state index contributed by atoms with van der Waals surface area (Å²) >= 11 is 0. The van der Waals surface area contributed by atoms with E-state index < -0.39 is 169 Å². The fourth-order valence-electron chi connectivity index (χ4n) is 14.0. The van der Waals surface area contributed by atoms with Gasteiger partial charge in [-0.05, 0) is 95.1 Å². The first-order chi connectivity index (χ1) is 39.8. The molecule has 10 rings (SSSR count). The minimum Gasteiger partial charge on any atom is -0.507 e. The normalized spacial score (nSPS) is 42.8. The zero-order valence-electron chi connectivity index (χ0n) is 49.8. The number of rotatable bonds is 15. The Morgan fingerprint density at radius 2 is 0.964 bits per heavy atom. The van der Waals surface area contributed by atoms with E-state index in [1.54, 1.807) is 34.6 Å². The van der Waals surface area contributed by atoms with Crippen LogP contribution in [0.3, 0.4) is 0 Å². The largest absolute Gasteiger partial charge is 0.507 e. The predicted molar refractivity (Wildman–Crippen MR) is 294 cm³/mol. The molecule has 6 fully saturated rings. The third-order valence-electron chi connectivity index (χ3n) is 18.7. The van der Waals surface area contributed by atoms with Crippen LogP contribution in [0.5, 0.6) is 17.2 Å². The zero-order chi connectivity index (χ0) is 60.5. The summed E-state index contributed by atoms with van der Waals surface area (Å²) in [7, 11) is 7.40. The molecule has 8 N–H and O–H groups in total. The number of aromatic hydroxyl groups is 3. The maximum atomic E-state index is 14.6. The molecule has 0 aromatic heterocycles. The highest BCUT2D eigenvalue weighted by Gasteiger charge is 2.56. The van der Waals surface area contributed by atoms with Gasteiger partial charge in [0.25, 0.3) is 0 Å². The van der Waals surface area contributed by atoms with Gasteiger partial charge in [-0.3, -0.25) is 9.59 Å². The molecule has 25 unspecified atom stereocenters. The molecule has 470 valence electrons. The Morgan fingerprint density at radius 3 is 1.42 bits per heavy atom. The van der Waals surface area contributed by atoms with E-state index in [2.05, 4.69) is 0 Å². The van der Waals surface area contributed by atoms with Crippen molar-refractivity contribution < 1.29 is 107 Å². The number of carbonyl (C=O) groups excluding carboxylic acids is 2. The summed E-state index contributed by atoms with van der Waals surface area (Å²) in [6.45, 7) is 12.5. The maximum Gasteiger partial charge on any atom is 0.202 e. The third-order valence-corrected chi connectivity index (χ3v) is 18.7. The van der Waals surface area contributed by atoms with Crippen molar-refractivity contribution >= 4 is 11.6 Å². The van der Waals surface area contributed by atoms with Gasteiger partial charge in [0.05, 0.1) is 95.5 Å². The number of nitrogens with zero attached hydrogens (tertiary/aromatic N) is 2. The number of likely N-dealkylation sites (N-methyl/N-ethyl adjacent to an activating group) is 2. The number of ether oxygens (including phenoxy) is 12. The van der Waals surface area contributed by atoms with Gasteiger partial charge in [-0.2, -0.15) is 0 Å². The number of phenolic OH excluding ortho intramolecular Hbond substituents is 3. The number of aliphatic hydroxyl groups excluding tert-OH is 4. The SMILES string of the molecule is CCC1(O)CC(OC2C(C)OC(OC3C(O)CC(OC4CCC(O)OC4C)OC3C)CC2N(C)C)c2c(O)c3c(c(O)c2C1OC1C(C)OC(OC2C(O)CC(OC4CCC(O)OC4C)OC2C)CC1N(C)C)C(=O)c1cccc(O)c1C3=O. The van der Waals surface area contributed by atoms with Crippen LogP contribution in [0.25, 0.3) is 0 Å². The van der Waals surface area contributed by atoms with Crippen molar-refractivity contribution in [1.29, 1.82) is 0 Å². The summed E-state index contributed by atoms with van der Waals surface area (Å²) in [4.78, 5) is 33.1. The van der Waals surface area contributed by atoms with E-state index in [9.17, 15) is 50.4 Å². The van der Waals surface area contributed by atoms with Crippen LogP contribution < -0.4 is 0 Å². The molecule has 2 aliphatic carbocycles. The van der Waals surface area contributed by atoms with Crippen molar-refractivity contribution in [2.24, 2.45) is 0 Å². The molecule has 0 spiro atoms. The van der Waals surface area contributed by atoms with E-state index in [0.29, 0.717) is 25.7 Å². The second kappa shape index (κ2) is 25.5. The summed E-state index contributed by atoms with van der Waals surface area (Å²) in [5, 5.41) is 92.7. The first-order valence-corrected chi connectivity index (χ1v) is 29.9. The molecule has 2 aromatic rings. The third kappa shape index (κ3) is 12.4. The summed E-state index contributed by atoms with van der Waals surface area (Å²) in [6.07, 6.45) is -15.0. The van der Waals surface area contributed by atoms with E-state index in [-0.39, 0.29) is 85.2 Å². The molecule has 24 nitrogen and oxygen atoms in total. The molecule has 84 heavy (non-hydrogen) atoms. The van der Waals surface area contributed by atoms with Crippen molar-refractivity contribution in [3.8, 4) is 17.2 Å². The summed E-state index contributed by atoms with van der Waals surface area (Å²) < 4.78 is 76.4. The van der Waals surface area contributed by atoms with Gasteiger partial charge in [0.15, 0.2) is 43.5 Å². The number of hydrogen-bond donors (Lipinski definition) is 8. The van der Waals surface area contributed by atoms with Crippen molar-refractivity contribution in [2.75, 3.05) is 28.2 Å². The number of phenols is 3. The smallest absolute Gasteiger partial charge is 0.202 e. The van der Waals surface area contributed by atoms with Gasteiger partial charge in [0, 0.05) is 73.7 Å². The van der Waals surface area contributed by atoms with E-state index in [1.807, 2.05) is 51.8 Å². The Morgan fingerprint density at radius 1 is 0.524 bits per heavy atom. The van der Waals surface area contributed by atoms with Gasteiger partial charge >= 0.3 is 0 Å². The molecule has 6 saturated heterocycles. The van der Waals surface area contributed by atoms with Gasteiger partial charge < -0.3 is 107 Å². The molecule has 2 aromatic carbocycles. The minimum absolute atomic E-state index is 0.00512. The lowest BCUT2D eigenvalue weighted by Gasteiger charge is -2.51. The van der Waals surface area contributed by atoms with E-state index in [4.69, 9.17) is 56.8 Å². The maximum absolute atomic E-state index is 14.6. The summed E-state index contributed by atoms with van der Waals surface area (Å²) in [5.74, 6) is -3.66. The van der Waals surface area contributed by atoms with Crippen LogP contribution in [0.1, 0.15) is 168 Å². The van der Waals surface area contributed by atoms with Gasteiger partial charge in [0.2, 0.25) is 5.78 Å². The fourth-order valence-corrected chi connectivity index (χ4v) is 14.0. The molecule has 8 aliphatic rings. The molecule has 6 aliphatic heterocycles. The quantitative estimate of drug-likeness (QED) is 0.101. The minimum atomic E-state index is -1.90. The summed E-state index contributed by atoms with van der Waals surface area (Å²) in [6, 6.07) is 3.01. The first-order valence-electron chi connectivity index (χ1n) is 29.9. The van der Waals surface area contributed by atoms with Crippen LogP contribution >= 0.6 is 0 Å². The van der Waals surface area contributed by atoms with E-state index in [0.717, 1.165) is 0 Å². The van der Waals surface area contributed by atoms with Crippen LogP contribution in [0.2, 0.25) is 0 Å². The van der Waals surface area contributed by atoms with Crippen LogP contribution in [0, 0.1) is 0 Å². The predicted octanol–water partition coefficient (Wildman–Crippen LogP) is 3.67. The number of benzene rings is 2. The monoisotopic (exact) mass is 1190 g/mol. The molecular formula is C60H88N2O22. The Labute approximate surface area is 490 Å². The van der Waals surface area contributed by atoms with Crippen LogP contribution in [0.15, 0.2) is 18.2 Å². The van der Waals surface area contributed by atoms with E-state index >= 15 is 0 Å². The number of ketones is 2. The average Bonchev–Trinajstić information content (AvgIpc) is 0.728. The molecule has 24 heteroatoms. The lowest BCUT2D eigenvalue weighted by Crippen LogP contribution is -2.59. The topological polar surface area (TPSA) is 313 Å². The van der Waals surface area contributed by atoms with Crippen molar-refractivity contribution in [3.05, 3.63) is 51.6 Å². The Bertz CT molecular complexity index is 2640. The molecule has 0 saturated carbocycles. The Hall–Kier alpha value is -3.58. The molecule has 6 heterocycles. The Balaban J connectivity index is 0.911. The molecule has 0 radical (unpaired) electrons. The second-order valence-electron chi connectivity index (χ2n) is 24.9. The van der Waals surface area contributed by atoms with Crippen LogP contribution in [0.4, 0.5) is 0 Å². The second-order valence-corrected chi connectivity index (χ2v) is 24.9. The zero-order valence-corrected chi connectivity index (χ0v) is 49.8. The standard InChI is InChI=1S/C60H88N2O22/c1-12-60(72)24-39(81-55-27(4)75-42(20-32(55)61(8)9)82-57-29(6)77-44(22-35(57)64)79-37-16-18-40(66)73-25(37)2)47-50(54(71)48-49(53(47)70)52(69)46-31(51(48)68)14-13-15-34(46)63)59(60)84-56-28(5)76-43(21-33(56)62(10)11)83-58-30(7)78-45(23-36(58)65)80-38-17-19-41(67)74-26(38)3/h13-15,25-30,32-33,35-45,55-59,63-67,70-72H,12,16-24H2,1-11H3. The summed E-state index contributed by atoms with van der Waals surface area (Å²) in [5.41, 5.74) is -3.78. The molecule has 25 atom stereocenters. The highest BCUT2D eigenvalue weighted by atomic mass is 16.7. The molecular weight excluding hydrogens is 1100 g/mol. The fraction of sp³-hybridized carbons (Fsp3) is 0.767. The van der Waals surface area contributed by atoms with Crippen molar-refractivity contribution in [1.82, 2.24) is 9.80 Å². The van der Waals surface area contributed by atoms with Gasteiger partial charge in [0.1, 0.15) is 41.7 Å².